The first kappa shape index (κ1) is 25.8. The summed E-state index contributed by atoms with van der Waals surface area (Å²) >= 11 is 0.969. The molecule has 35 heavy (non-hydrogen) atoms. The van der Waals surface area contributed by atoms with Crippen LogP contribution in [0.25, 0.3) is 0 Å². The van der Waals surface area contributed by atoms with Crippen LogP contribution in [0, 0.1) is 18.6 Å². The van der Waals surface area contributed by atoms with Crippen LogP contribution in [-0.4, -0.2) is 53.2 Å². The third-order valence-electron chi connectivity index (χ3n) is 4.74. The maximum absolute atomic E-state index is 13.7. The van der Waals surface area contributed by atoms with E-state index in [2.05, 4.69) is 10.4 Å². The molecule has 2 amide bonds. The number of amides is 2. The van der Waals surface area contributed by atoms with E-state index in [0.717, 1.165) is 23.5 Å². The Bertz CT molecular complexity index is 1250. The molecule has 0 fully saturated rings. The quantitative estimate of drug-likeness (QED) is 0.439. The fraction of sp³-hybridized carbons (Fsp3) is 0.304. The minimum Gasteiger partial charge on any atom is -0.468 e. The van der Waals surface area contributed by atoms with Crippen molar-refractivity contribution in [3.63, 3.8) is 0 Å². The molecule has 0 saturated carbocycles. The van der Waals surface area contributed by atoms with Crippen LogP contribution in [0.5, 0.6) is 5.75 Å². The van der Waals surface area contributed by atoms with E-state index in [0.29, 0.717) is 22.9 Å². The summed E-state index contributed by atoms with van der Waals surface area (Å²) in [4.78, 5) is 39.7. The van der Waals surface area contributed by atoms with Gasteiger partial charge in [-0.15, -0.1) is 11.3 Å². The molecular formula is C23H24F2N4O5S. The highest BCUT2D eigenvalue weighted by molar-refractivity contribution is 7.18. The molecule has 0 saturated heterocycles. The lowest BCUT2D eigenvalue weighted by atomic mass is 10.1. The molecule has 0 aliphatic heterocycles. The van der Waals surface area contributed by atoms with Crippen molar-refractivity contribution < 1.29 is 32.6 Å². The molecule has 12 heteroatoms. The summed E-state index contributed by atoms with van der Waals surface area (Å²) in [6.07, 6.45) is 2.05. The minimum absolute atomic E-state index is 0.00686. The number of aromatic nitrogens is 2. The van der Waals surface area contributed by atoms with Crippen LogP contribution in [0.4, 0.5) is 13.8 Å². The predicted molar refractivity (Wildman–Crippen MR) is 125 cm³/mol. The Kier molecular flexibility index (Phi) is 8.18. The molecule has 3 aromatic rings. The van der Waals surface area contributed by atoms with Gasteiger partial charge < -0.3 is 19.7 Å². The molecule has 0 atom stereocenters. The van der Waals surface area contributed by atoms with Crippen LogP contribution in [0.2, 0.25) is 0 Å². The van der Waals surface area contributed by atoms with Crippen molar-refractivity contribution >= 4 is 34.1 Å². The number of nitrogens with one attached hydrogen (secondary N) is 1. The van der Waals surface area contributed by atoms with Gasteiger partial charge >= 0.3 is 5.97 Å². The van der Waals surface area contributed by atoms with Gasteiger partial charge in [-0.2, -0.15) is 5.10 Å². The first-order valence-corrected chi connectivity index (χ1v) is 11.4. The van der Waals surface area contributed by atoms with Gasteiger partial charge in [0.05, 0.1) is 17.0 Å². The second kappa shape index (κ2) is 11.1. The number of nitrogens with zero attached hydrogens (tertiary/aromatic N) is 3. The highest BCUT2D eigenvalue weighted by atomic mass is 32.1. The fourth-order valence-electron chi connectivity index (χ4n) is 2.97. The zero-order valence-corrected chi connectivity index (χ0v) is 20.4. The summed E-state index contributed by atoms with van der Waals surface area (Å²) in [7, 11) is 3.17. The van der Waals surface area contributed by atoms with Crippen LogP contribution >= 0.6 is 11.3 Å². The van der Waals surface area contributed by atoms with E-state index >= 15 is 0 Å². The summed E-state index contributed by atoms with van der Waals surface area (Å²) in [5, 5.41) is 6.88. The van der Waals surface area contributed by atoms with Gasteiger partial charge in [-0.05, 0) is 37.1 Å². The van der Waals surface area contributed by atoms with Crippen molar-refractivity contribution in [1.29, 1.82) is 0 Å². The molecule has 3 rings (SSSR count). The smallest absolute Gasteiger partial charge is 0.341 e. The first-order chi connectivity index (χ1) is 16.6. The normalized spacial score (nSPS) is 10.7. The maximum atomic E-state index is 13.7. The number of benzene rings is 1. The number of halogens is 2. The maximum Gasteiger partial charge on any atom is 0.341 e. The van der Waals surface area contributed by atoms with Crippen LogP contribution in [0.15, 0.2) is 30.5 Å². The van der Waals surface area contributed by atoms with Gasteiger partial charge in [0.1, 0.15) is 10.8 Å². The van der Waals surface area contributed by atoms with Gasteiger partial charge in [0, 0.05) is 26.4 Å². The van der Waals surface area contributed by atoms with Crippen molar-refractivity contribution in [3.05, 3.63) is 63.8 Å². The summed E-state index contributed by atoms with van der Waals surface area (Å²) in [5.41, 5.74) is 0.509. The Morgan fingerprint density at radius 2 is 1.94 bits per heavy atom. The molecule has 2 aromatic heterocycles. The average Bonchev–Trinajstić information content (AvgIpc) is 3.41. The molecule has 2 heterocycles. The number of thiophene rings is 1. The molecule has 0 aliphatic rings. The lowest BCUT2D eigenvalue weighted by Crippen LogP contribution is -2.21. The zero-order valence-electron chi connectivity index (χ0n) is 19.6. The highest BCUT2D eigenvalue weighted by Gasteiger charge is 2.28. The minimum atomic E-state index is -0.867. The van der Waals surface area contributed by atoms with E-state index in [4.69, 9.17) is 9.47 Å². The molecule has 1 aromatic carbocycles. The van der Waals surface area contributed by atoms with Crippen molar-refractivity contribution in [1.82, 2.24) is 14.7 Å². The molecule has 0 spiro atoms. The monoisotopic (exact) mass is 506 g/mol. The van der Waals surface area contributed by atoms with Crippen molar-refractivity contribution in [2.45, 2.75) is 27.0 Å². The SMILES string of the molecule is CCCOC(=O)c1c(NC(=O)c2ccn(COc3ccc(F)cc3F)n2)sc(C(=O)N(C)C)c1C. The van der Waals surface area contributed by atoms with E-state index in [-0.39, 0.29) is 41.3 Å². The molecule has 0 aliphatic carbocycles. The largest absolute Gasteiger partial charge is 0.468 e. The number of esters is 1. The summed E-state index contributed by atoms with van der Waals surface area (Å²) in [5.74, 6) is -3.36. The molecule has 9 nitrogen and oxygen atoms in total. The van der Waals surface area contributed by atoms with E-state index in [9.17, 15) is 23.2 Å². The van der Waals surface area contributed by atoms with E-state index < -0.39 is 23.5 Å². The Balaban J connectivity index is 1.78. The summed E-state index contributed by atoms with van der Waals surface area (Å²) in [6, 6.07) is 4.30. The van der Waals surface area contributed by atoms with Gasteiger partial charge in [-0.1, -0.05) is 6.92 Å². The molecular weight excluding hydrogens is 482 g/mol. The Morgan fingerprint density at radius 1 is 1.20 bits per heavy atom. The molecule has 0 bridgehead atoms. The van der Waals surface area contributed by atoms with Gasteiger partial charge in [-0.25, -0.2) is 18.3 Å². The van der Waals surface area contributed by atoms with Crippen LogP contribution in [-0.2, 0) is 11.5 Å². The highest BCUT2D eigenvalue weighted by Crippen LogP contribution is 2.34. The lowest BCUT2D eigenvalue weighted by Gasteiger charge is -2.09. The summed E-state index contributed by atoms with van der Waals surface area (Å²) in [6.45, 7) is 3.43. The van der Waals surface area contributed by atoms with Crippen molar-refractivity contribution in [2.24, 2.45) is 0 Å². The standard InChI is InChI=1S/C23H24F2N4O5S/c1-5-10-33-23(32)18-13(2)19(22(31)28(3)4)35-21(18)26-20(30)16-8-9-29(27-16)12-34-17-7-6-14(24)11-15(17)25/h6-9,11H,5,10,12H2,1-4H3,(H,26,30). The van der Waals surface area contributed by atoms with Crippen LogP contribution < -0.4 is 10.1 Å². The lowest BCUT2D eigenvalue weighted by molar-refractivity contribution is 0.0506. The average molecular weight is 507 g/mol. The van der Waals surface area contributed by atoms with E-state index in [1.165, 1.54) is 21.8 Å². The summed E-state index contributed by atoms with van der Waals surface area (Å²) < 4.78 is 38.5. The topological polar surface area (TPSA) is 103 Å². The van der Waals surface area contributed by atoms with Crippen molar-refractivity contribution in [2.75, 3.05) is 26.0 Å². The van der Waals surface area contributed by atoms with Crippen molar-refractivity contribution in [3.8, 4) is 5.75 Å². The van der Waals surface area contributed by atoms with Crippen LogP contribution in [0.3, 0.4) is 0 Å². The Hall–Kier alpha value is -3.80. The van der Waals surface area contributed by atoms with Gasteiger partial charge in [0.25, 0.3) is 11.8 Å². The van der Waals surface area contributed by atoms with Crippen LogP contribution in [0.1, 0.15) is 49.4 Å². The van der Waals surface area contributed by atoms with E-state index in [1.807, 2.05) is 6.92 Å². The first-order valence-electron chi connectivity index (χ1n) is 10.6. The van der Waals surface area contributed by atoms with E-state index in [1.54, 1.807) is 21.0 Å². The Labute approximate surface area is 204 Å². The number of hydrogen-bond acceptors (Lipinski definition) is 7. The third kappa shape index (κ3) is 6.01. The van der Waals surface area contributed by atoms with Gasteiger partial charge in [0.2, 0.25) is 0 Å². The number of carbonyl (C=O) groups excluding carboxylic acids is 3. The second-order valence-corrected chi connectivity index (χ2v) is 8.66. The molecule has 186 valence electrons. The number of hydrogen-bond donors (Lipinski definition) is 1. The zero-order chi connectivity index (χ0) is 25.7. The third-order valence-corrected chi connectivity index (χ3v) is 5.93. The fourth-order valence-corrected chi connectivity index (χ4v) is 4.18. The number of rotatable bonds is 9. The Morgan fingerprint density at radius 3 is 2.60 bits per heavy atom. The molecule has 0 unspecified atom stereocenters. The second-order valence-electron chi connectivity index (χ2n) is 7.64. The molecule has 1 N–H and O–H groups in total. The molecule has 0 radical (unpaired) electrons. The van der Waals surface area contributed by atoms with Gasteiger partial charge in [0.15, 0.2) is 24.0 Å². The number of carbonyl (C=O) groups is 3. The number of ether oxygens (including phenoxy) is 2. The van der Waals surface area contributed by atoms with Gasteiger partial charge in [-0.3, -0.25) is 9.59 Å². The predicted octanol–water partition coefficient (Wildman–Crippen LogP) is 4.09. The number of anilines is 1.